The zero-order chi connectivity index (χ0) is 11.2. The predicted octanol–water partition coefficient (Wildman–Crippen LogP) is 1.66. The Kier molecular flexibility index (Phi) is 2.26. The van der Waals surface area contributed by atoms with Gasteiger partial charge in [0.05, 0.1) is 11.4 Å². The Balaban J connectivity index is 2.48. The maximum Gasteiger partial charge on any atom is 0.449 e. The van der Waals surface area contributed by atoms with Crippen LogP contribution < -0.4 is 0 Å². The molecule has 0 amide bonds. The highest BCUT2D eigenvalue weighted by molar-refractivity contribution is 5.19. The molecule has 0 N–H and O–H groups in total. The van der Waals surface area contributed by atoms with Crippen LogP contribution in [0.2, 0.25) is 0 Å². The molecule has 2 rings (SSSR count). The number of imidazole rings is 1. The summed E-state index contributed by atoms with van der Waals surface area (Å²) in [7, 11) is 1.89. The van der Waals surface area contributed by atoms with E-state index >= 15 is 0 Å². The smallest absolute Gasteiger partial charge is 0.322 e. The average molecular weight is 219 g/mol. The fourth-order valence-corrected chi connectivity index (χ4v) is 1.87. The van der Waals surface area contributed by atoms with Gasteiger partial charge in [-0.1, -0.05) is 0 Å². The third-order valence-corrected chi connectivity index (χ3v) is 2.65. The molecule has 1 aliphatic heterocycles. The van der Waals surface area contributed by atoms with Gasteiger partial charge in [-0.25, -0.2) is 4.98 Å². The second-order valence-electron chi connectivity index (χ2n) is 3.85. The summed E-state index contributed by atoms with van der Waals surface area (Å²) in [6.45, 7) is 3.16. The molecule has 0 atom stereocenters. The first-order valence-corrected chi connectivity index (χ1v) is 4.71. The summed E-state index contributed by atoms with van der Waals surface area (Å²) in [4.78, 5) is 5.60. The van der Waals surface area contributed by atoms with Gasteiger partial charge < -0.3 is 4.57 Å². The fourth-order valence-electron chi connectivity index (χ4n) is 1.87. The molecule has 3 nitrogen and oxygen atoms in total. The SMILES string of the molecule is Cc1nc(C(F)(F)F)n2c1CN(C)CC2. The van der Waals surface area contributed by atoms with Gasteiger partial charge in [0.15, 0.2) is 0 Å². The van der Waals surface area contributed by atoms with Crippen LogP contribution in [0.25, 0.3) is 0 Å². The molecule has 1 aliphatic rings. The van der Waals surface area contributed by atoms with E-state index in [0.29, 0.717) is 31.0 Å². The van der Waals surface area contributed by atoms with Gasteiger partial charge in [-0.05, 0) is 14.0 Å². The minimum atomic E-state index is -4.35. The highest BCUT2D eigenvalue weighted by Crippen LogP contribution is 2.31. The van der Waals surface area contributed by atoms with Gasteiger partial charge in [-0.15, -0.1) is 0 Å². The zero-order valence-corrected chi connectivity index (χ0v) is 8.60. The van der Waals surface area contributed by atoms with E-state index in [4.69, 9.17) is 0 Å². The van der Waals surface area contributed by atoms with Gasteiger partial charge in [-0.2, -0.15) is 13.2 Å². The van der Waals surface area contributed by atoms with Crippen LogP contribution in [0.15, 0.2) is 0 Å². The van der Waals surface area contributed by atoms with E-state index in [9.17, 15) is 13.2 Å². The summed E-state index contributed by atoms with van der Waals surface area (Å²) in [6.07, 6.45) is -4.35. The molecule has 0 bridgehead atoms. The second kappa shape index (κ2) is 3.23. The van der Waals surface area contributed by atoms with Crippen molar-refractivity contribution in [3.63, 3.8) is 0 Å². The van der Waals surface area contributed by atoms with Crippen molar-refractivity contribution in [3.8, 4) is 0 Å². The normalized spacial score (nSPS) is 17.9. The van der Waals surface area contributed by atoms with Crippen LogP contribution in [0.1, 0.15) is 17.2 Å². The largest absolute Gasteiger partial charge is 0.449 e. The fraction of sp³-hybridized carbons (Fsp3) is 0.667. The van der Waals surface area contributed by atoms with Crippen molar-refractivity contribution < 1.29 is 13.2 Å². The van der Waals surface area contributed by atoms with Crippen molar-refractivity contribution in [3.05, 3.63) is 17.2 Å². The molecule has 1 aromatic rings. The van der Waals surface area contributed by atoms with Crippen LogP contribution in [-0.4, -0.2) is 28.0 Å². The van der Waals surface area contributed by atoms with Gasteiger partial charge in [-0.3, -0.25) is 4.90 Å². The van der Waals surface area contributed by atoms with Gasteiger partial charge in [0.1, 0.15) is 0 Å². The zero-order valence-electron chi connectivity index (χ0n) is 8.60. The van der Waals surface area contributed by atoms with Crippen LogP contribution in [0.3, 0.4) is 0 Å². The Hall–Kier alpha value is -1.04. The predicted molar refractivity (Wildman–Crippen MR) is 48.3 cm³/mol. The van der Waals surface area contributed by atoms with Gasteiger partial charge >= 0.3 is 6.18 Å². The summed E-state index contributed by atoms with van der Waals surface area (Å²) in [5.41, 5.74) is 1.16. The van der Waals surface area contributed by atoms with Crippen molar-refractivity contribution in [2.24, 2.45) is 0 Å². The van der Waals surface area contributed by atoms with Crippen molar-refractivity contribution in [1.29, 1.82) is 0 Å². The molecule has 0 unspecified atom stereocenters. The topological polar surface area (TPSA) is 21.1 Å². The molecule has 0 saturated heterocycles. The summed E-state index contributed by atoms with van der Waals surface area (Å²) < 4.78 is 39.1. The maximum absolute atomic E-state index is 12.6. The van der Waals surface area contributed by atoms with Crippen molar-refractivity contribution in [1.82, 2.24) is 14.5 Å². The number of nitrogens with zero attached hydrogens (tertiary/aromatic N) is 3. The number of aromatic nitrogens is 2. The first-order valence-electron chi connectivity index (χ1n) is 4.71. The van der Waals surface area contributed by atoms with E-state index in [-0.39, 0.29) is 0 Å². The lowest BCUT2D eigenvalue weighted by Gasteiger charge is -2.25. The maximum atomic E-state index is 12.6. The monoisotopic (exact) mass is 219 g/mol. The first-order chi connectivity index (χ1) is 6.89. The number of alkyl halides is 3. The van der Waals surface area contributed by atoms with Crippen LogP contribution >= 0.6 is 0 Å². The van der Waals surface area contributed by atoms with Crippen molar-refractivity contribution >= 4 is 0 Å². The molecular weight excluding hydrogens is 207 g/mol. The lowest BCUT2D eigenvalue weighted by molar-refractivity contribution is -0.147. The van der Waals surface area contributed by atoms with E-state index in [0.717, 1.165) is 0 Å². The summed E-state index contributed by atoms with van der Waals surface area (Å²) in [5.74, 6) is -0.761. The molecule has 0 fully saturated rings. The van der Waals surface area contributed by atoms with E-state index < -0.39 is 12.0 Å². The number of aryl methyl sites for hydroxylation is 1. The highest BCUT2D eigenvalue weighted by Gasteiger charge is 2.39. The lowest BCUT2D eigenvalue weighted by Crippen LogP contribution is -2.32. The first kappa shape index (κ1) is 10.5. The number of rotatable bonds is 0. The van der Waals surface area contributed by atoms with Gasteiger partial charge in [0.25, 0.3) is 0 Å². The Morgan fingerprint density at radius 1 is 1.27 bits per heavy atom. The molecule has 6 heteroatoms. The average Bonchev–Trinajstić information content (AvgIpc) is 2.43. The molecule has 1 aromatic heterocycles. The number of likely N-dealkylation sites (N-methyl/N-ethyl adjacent to an activating group) is 1. The molecule has 84 valence electrons. The minimum absolute atomic E-state index is 0.363. The van der Waals surface area contributed by atoms with E-state index in [1.165, 1.54) is 4.57 Å². The van der Waals surface area contributed by atoms with Crippen LogP contribution in [0.5, 0.6) is 0 Å². The Labute approximate surface area is 85.5 Å². The standard InChI is InChI=1S/C9H12F3N3/c1-6-7-5-14(2)3-4-15(7)8(13-6)9(10,11)12/h3-5H2,1-2H3. The Bertz CT molecular complexity index is 381. The molecule has 0 spiro atoms. The molecule has 0 radical (unpaired) electrons. The van der Waals surface area contributed by atoms with E-state index in [1.54, 1.807) is 6.92 Å². The second-order valence-corrected chi connectivity index (χ2v) is 3.85. The van der Waals surface area contributed by atoms with E-state index in [2.05, 4.69) is 4.98 Å². The van der Waals surface area contributed by atoms with Crippen LogP contribution in [-0.2, 0) is 19.3 Å². The van der Waals surface area contributed by atoms with E-state index in [1.807, 2.05) is 11.9 Å². The quantitative estimate of drug-likeness (QED) is 0.661. The van der Waals surface area contributed by atoms with Gasteiger partial charge in [0.2, 0.25) is 5.82 Å². The van der Waals surface area contributed by atoms with Crippen molar-refractivity contribution in [2.45, 2.75) is 26.2 Å². The molecule has 0 aromatic carbocycles. The molecule has 0 aliphatic carbocycles. The third kappa shape index (κ3) is 1.73. The molecule has 0 saturated carbocycles. The summed E-state index contributed by atoms with van der Waals surface area (Å²) >= 11 is 0. The third-order valence-electron chi connectivity index (χ3n) is 2.65. The number of hydrogen-bond acceptors (Lipinski definition) is 2. The highest BCUT2D eigenvalue weighted by atomic mass is 19.4. The van der Waals surface area contributed by atoms with Crippen LogP contribution in [0, 0.1) is 6.92 Å². The van der Waals surface area contributed by atoms with Crippen molar-refractivity contribution in [2.75, 3.05) is 13.6 Å². The lowest BCUT2D eigenvalue weighted by atomic mass is 10.2. The summed E-state index contributed by atoms with van der Waals surface area (Å²) in [6, 6.07) is 0. The number of hydrogen-bond donors (Lipinski definition) is 0. The molecule has 2 heterocycles. The van der Waals surface area contributed by atoms with Gasteiger partial charge in [0, 0.05) is 19.6 Å². The van der Waals surface area contributed by atoms with Crippen LogP contribution in [0.4, 0.5) is 13.2 Å². The number of fused-ring (bicyclic) bond motifs is 1. The summed E-state index contributed by atoms with van der Waals surface area (Å²) in [5, 5.41) is 0. The molecular formula is C9H12F3N3. The minimum Gasteiger partial charge on any atom is -0.322 e. The number of halogens is 3. The Morgan fingerprint density at radius 3 is 2.53 bits per heavy atom. The Morgan fingerprint density at radius 2 is 1.93 bits per heavy atom. The molecule has 15 heavy (non-hydrogen) atoms.